The van der Waals surface area contributed by atoms with Crippen LogP contribution in [-0.2, 0) is 23.9 Å². The number of esters is 1. The van der Waals surface area contributed by atoms with E-state index in [-0.39, 0.29) is 5.70 Å². The molecule has 6 rings (SSSR count). The quantitative estimate of drug-likeness (QED) is 0.166. The molecule has 0 bridgehead atoms. The summed E-state index contributed by atoms with van der Waals surface area (Å²) in [6.45, 7) is 5.18. The lowest BCUT2D eigenvalue weighted by Gasteiger charge is -2.50. The van der Waals surface area contributed by atoms with Crippen molar-refractivity contribution in [1.82, 2.24) is 20.5 Å². The highest BCUT2D eigenvalue weighted by molar-refractivity contribution is 8.00. The van der Waals surface area contributed by atoms with Gasteiger partial charge in [0.1, 0.15) is 28.8 Å². The van der Waals surface area contributed by atoms with Gasteiger partial charge in [-0.3, -0.25) is 19.5 Å². The number of hydrogen-bond acceptors (Lipinski definition) is 9. The maximum absolute atomic E-state index is 14.2. The molecule has 0 radical (unpaired) electrons. The first-order valence-electron chi connectivity index (χ1n) is 15.3. The second-order valence-electron chi connectivity index (χ2n) is 12.2. The number of amides is 3. The van der Waals surface area contributed by atoms with Crippen molar-refractivity contribution < 1.29 is 28.7 Å². The number of benzene rings is 3. The first-order chi connectivity index (χ1) is 23.1. The first kappa shape index (κ1) is 33.0. The largest absolute Gasteiger partial charge is 0.448 e. The van der Waals surface area contributed by atoms with E-state index >= 15 is 0 Å². The van der Waals surface area contributed by atoms with Crippen molar-refractivity contribution in [1.29, 1.82) is 0 Å². The average molecular weight is 683 g/mol. The topological polar surface area (TPSA) is 127 Å². The van der Waals surface area contributed by atoms with Gasteiger partial charge in [0.05, 0.1) is 10.4 Å². The van der Waals surface area contributed by atoms with E-state index in [2.05, 4.69) is 15.6 Å². The summed E-state index contributed by atoms with van der Waals surface area (Å²) in [4.78, 5) is 60.9. The van der Waals surface area contributed by atoms with E-state index in [9.17, 15) is 19.2 Å². The van der Waals surface area contributed by atoms with Crippen LogP contribution in [0.3, 0.4) is 0 Å². The molecule has 1 fully saturated rings. The lowest BCUT2D eigenvalue weighted by atomic mass is 9.99. The van der Waals surface area contributed by atoms with Crippen molar-refractivity contribution >= 4 is 52.5 Å². The van der Waals surface area contributed by atoms with Gasteiger partial charge in [-0.2, -0.15) is 0 Å². The lowest BCUT2D eigenvalue weighted by molar-refractivity contribution is -0.154. The molecule has 4 aromatic rings. The van der Waals surface area contributed by atoms with Crippen LogP contribution >= 0.6 is 23.1 Å². The Labute approximate surface area is 286 Å². The van der Waals surface area contributed by atoms with Crippen LogP contribution in [0.1, 0.15) is 54.5 Å². The van der Waals surface area contributed by atoms with Gasteiger partial charge in [-0.1, -0.05) is 91.0 Å². The summed E-state index contributed by atoms with van der Waals surface area (Å²) in [6, 6.07) is 25.5. The molecule has 0 saturated carbocycles. The van der Waals surface area contributed by atoms with E-state index in [4.69, 9.17) is 9.47 Å². The van der Waals surface area contributed by atoms with Crippen LogP contribution in [0.2, 0.25) is 0 Å². The van der Waals surface area contributed by atoms with E-state index in [1.54, 1.807) is 62.8 Å². The zero-order valence-corrected chi connectivity index (χ0v) is 28.1. The minimum Gasteiger partial charge on any atom is -0.448 e. The minimum atomic E-state index is -1.12. The molecule has 2 unspecified atom stereocenters. The van der Waals surface area contributed by atoms with Crippen LogP contribution in [0, 0.1) is 0 Å². The molecule has 2 aliphatic heterocycles. The highest BCUT2D eigenvalue weighted by Gasteiger charge is 2.55. The molecule has 3 heterocycles. The fourth-order valence-electron chi connectivity index (χ4n) is 5.52. The predicted molar refractivity (Wildman–Crippen MR) is 183 cm³/mol. The summed E-state index contributed by atoms with van der Waals surface area (Å²) >= 11 is 2.79. The number of nitrogens with zero attached hydrogens (tertiary/aromatic N) is 2. The molecule has 1 aromatic heterocycles. The summed E-state index contributed by atoms with van der Waals surface area (Å²) in [5.41, 5.74) is 3.73. The number of carbonyl (C=O) groups excluding carboxylic acids is 4. The smallest absolute Gasteiger partial charge is 0.408 e. The summed E-state index contributed by atoms with van der Waals surface area (Å²) in [5.74, 6) is -1.32. The van der Waals surface area contributed by atoms with Crippen molar-refractivity contribution in [2.24, 2.45) is 0 Å². The van der Waals surface area contributed by atoms with E-state index in [1.807, 2.05) is 60.7 Å². The third kappa shape index (κ3) is 7.14. The van der Waals surface area contributed by atoms with Gasteiger partial charge in [0.25, 0.3) is 5.91 Å². The Morgan fingerprint density at radius 2 is 1.48 bits per heavy atom. The molecule has 0 aliphatic carbocycles. The number of thioether (sulfide) groups is 1. The minimum absolute atomic E-state index is 0.127. The fraction of sp³-hybridized carbons (Fsp3) is 0.250. The van der Waals surface area contributed by atoms with Crippen molar-refractivity contribution in [2.45, 2.75) is 49.9 Å². The number of carbonyl (C=O) groups is 4. The molecular formula is C36H34N4O6S2. The van der Waals surface area contributed by atoms with E-state index in [0.717, 1.165) is 16.0 Å². The first-order valence-corrected chi connectivity index (χ1v) is 17.3. The van der Waals surface area contributed by atoms with Crippen LogP contribution in [0.25, 0.3) is 5.57 Å². The normalized spacial score (nSPS) is 18.0. The molecule has 1 saturated heterocycles. The summed E-state index contributed by atoms with van der Waals surface area (Å²) < 4.78 is 11.6. The van der Waals surface area contributed by atoms with Gasteiger partial charge in [-0.15, -0.1) is 23.1 Å². The van der Waals surface area contributed by atoms with E-state index in [1.165, 1.54) is 28.0 Å². The number of rotatable bonds is 9. The number of aromatic nitrogens is 1. The predicted octanol–water partition coefficient (Wildman–Crippen LogP) is 5.85. The standard InChI is InChI=1S/C36H34N4O6S2/c1-36(2,3)46-35(44)39-27(22-13-7-4-8-14-22)31(41)38-28-32(42)40-29(25(20-47-33(28)40)26-19-37-21-48-26)34(43)45-30(23-15-9-5-10-16-23)24-17-11-6-12-18-24/h4-19,21,27-28,30,33H,20H2,1-3H3,(H,38,41)(H,39,44)/t27-,28?,33?/m1/s1. The molecular weight excluding hydrogens is 649 g/mol. The van der Waals surface area contributed by atoms with Crippen LogP contribution in [0.5, 0.6) is 0 Å². The third-order valence-electron chi connectivity index (χ3n) is 7.67. The Balaban J connectivity index is 1.27. The molecule has 48 heavy (non-hydrogen) atoms. The number of thiazole rings is 1. The Bertz CT molecular complexity index is 1770. The van der Waals surface area contributed by atoms with Gasteiger partial charge in [-0.25, -0.2) is 9.59 Å². The Morgan fingerprint density at radius 1 is 0.896 bits per heavy atom. The van der Waals surface area contributed by atoms with Crippen molar-refractivity contribution in [3.05, 3.63) is 130 Å². The molecule has 246 valence electrons. The van der Waals surface area contributed by atoms with Crippen molar-refractivity contribution in [3.8, 4) is 0 Å². The molecule has 2 aliphatic rings. The van der Waals surface area contributed by atoms with Gasteiger partial charge in [0.15, 0.2) is 6.10 Å². The zero-order valence-electron chi connectivity index (χ0n) is 26.5. The Morgan fingerprint density at radius 3 is 2.02 bits per heavy atom. The summed E-state index contributed by atoms with van der Waals surface area (Å²) in [6.07, 6.45) is 0.172. The van der Waals surface area contributed by atoms with Crippen molar-refractivity contribution in [3.63, 3.8) is 0 Å². The van der Waals surface area contributed by atoms with Gasteiger partial charge in [-0.05, 0) is 37.5 Å². The maximum Gasteiger partial charge on any atom is 0.408 e. The van der Waals surface area contributed by atoms with Crippen LogP contribution in [0.15, 0.2) is 108 Å². The average Bonchev–Trinajstić information content (AvgIpc) is 3.63. The van der Waals surface area contributed by atoms with Crippen molar-refractivity contribution in [2.75, 3.05) is 5.75 Å². The van der Waals surface area contributed by atoms with Crippen LogP contribution < -0.4 is 10.6 Å². The molecule has 12 heteroatoms. The third-order valence-corrected chi connectivity index (χ3v) is 9.79. The number of alkyl carbamates (subject to hydrolysis) is 1. The Hall–Kier alpha value is -4.94. The fourth-order valence-corrected chi connectivity index (χ4v) is 7.64. The monoisotopic (exact) mass is 682 g/mol. The molecule has 3 amide bonds. The molecule has 0 spiro atoms. The van der Waals surface area contributed by atoms with Crippen LogP contribution in [0.4, 0.5) is 4.79 Å². The second kappa shape index (κ2) is 14.0. The van der Waals surface area contributed by atoms with Gasteiger partial charge >= 0.3 is 12.1 Å². The van der Waals surface area contributed by atoms with E-state index in [0.29, 0.717) is 16.9 Å². The summed E-state index contributed by atoms with van der Waals surface area (Å²) in [7, 11) is 0. The SMILES string of the molecule is CC(C)(C)OC(=O)N[C@@H](C(=O)NC1C(=O)N2C(C(=O)OC(c3ccccc3)c3ccccc3)=C(c3cncs3)CSC12)c1ccccc1. The number of hydrogen-bond donors (Lipinski definition) is 2. The Kier molecular flexibility index (Phi) is 9.65. The second-order valence-corrected chi connectivity index (χ2v) is 14.2. The lowest BCUT2D eigenvalue weighted by Crippen LogP contribution is -2.71. The molecule has 10 nitrogen and oxygen atoms in total. The zero-order chi connectivity index (χ0) is 33.8. The maximum atomic E-state index is 14.2. The summed E-state index contributed by atoms with van der Waals surface area (Å²) in [5, 5.41) is 4.89. The van der Waals surface area contributed by atoms with E-state index < -0.39 is 53.0 Å². The highest BCUT2D eigenvalue weighted by atomic mass is 32.2. The van der Waals surface area contributed by atoms with Gasteiger partial charge in [0.2, 0.25) is 5.91 Å². The number of ether oxygens (including phenoxy) is 2. The highest BCUT2D eigenvalue weighted by Crippen LogP contribution is 2.45. The molecule has 2 N–H and O–H groups in total. The number of fused-ring (bicyclic) bond motifs is 1. The number of β-lactam (4-membered cyclic amide) rings is 1. The van der Waals surface area contributed by atoms with Gasteiger partial charge < -0.3 is 20.1 Å². The van der Waals surface area contributed by atoms with Crippen LogP contribution in [-0.4, -0.2) is 56.5 Å². The van der Waals surface area contributed by atoms with Gasteiger partial charge in [0, 0.05) is 17.5 Å². The molecule has 3 aromatic carbocycles. The molecule has 3 atom stereocenters. The number of nitrogens with one attached hydrogen (secondary N) is 2.